The summed E-state index contributed by atoms with van der Waals surface area (Å²) in [6.07, 6.45) is 14.5. The molecule has 0 bridgehead atoms. The molecule has 0 heterocycles. The summed E-state index contributed by atoms with van der Waals surface area (Å²) in [5, 5.41) is 0. The molecular formula is C24H38O4. The quantitative estimate of drug-likeness (QED) is 0.232. The molecule has 0 aliphatic heterocycles. The maximum absolute atomic E-state index is 12.3. The number of rotatable bonds is 16. The maximum Gasteiger partial charge on any atom is 0.339 e. The number of carbonyl (C=O) groups is 2. The van der Waals surface area contributed by atoms with Crippen molar-refractivity contribution in [3.8, 4) is 0 Å². The third kappa shape index (κ3) is 10.5. The Morgan fingerprint density at radius 3 is 1.50 bits per heavy atom. The SMILES string of the molecule is CCCCCCCCCCCCCOC(=O)c1ccccc1C(=O)OCCC. The lowest BCUT2D eigenvalue weighted by molar-refractivity contribution is 0.0454. The first-order valence-corrected chi connectivity index (χ1v) is 11.1. The average Bonchev–Trinajstić information content (AvgIpc) is 2.72. The average molecular weight is 391 g/mol. The van der Waals surface area contributed by atoms with Gasteiger partial charge in [-0.05, 0) is 25.0 Å². The van der Waals surface area contributed by atoms with Gasteiger partial charge in [0.15, 0.2) is 0 Å². The Morgan fingerprint density at radius 1 is 0.607 bits per heavy atom. The topological polar surface area (TPSA) is 52.6 Å². The van der Waals surface area contributed by atoms with Gasteiger partial charge in [0.25, 0.3) is 0 Å². The number of ether oxygens (including phenoxy) is 2. The molecule has 0 aliphatic rings. The van der Waals surface area contributed by atoms with Gasteiger partial charge in [-0.1, -0.05) is 90.2 Å². The Kier molecular flexibility index (Phi) is 14.0. The van der Waals surface area contributed by atoms with E-state index in [2.05, 4.69) is 6.92 Å². The molecule has 0 saturated heterocycles. The van der Waals surface area contributed by atoms with E-state index in [1.165, 1.54) is 57.8 Å². The summed E-state index contributed by atoms with van der Waals surface area (Å²) in [6.45, 7) is 4.92. The maximum atomic E-state index is 12.3. The zero-order chi connectivity index (χ0) is 20.5. The fraction of sp³-hybridized carbons (Fsp3) is 0.667. The Morgan fingerprint density at radius 2 is 1.04 bits per heavy atom. The molecule has 0 N–H and O–H groups in total. The Balaban J connectivity index is 2.16. The van der Waals surface area contributed by atoms with Crippen LogP contribution in [-0.2, 0) is 9.47 Å². The van der Waals surface area contributed by atoms with Crippen molar-refractivity contribution in [1.29, 1.82) is 0 Å². The van der Waals surface area contributed by atoms with Crippen LogP contribution >= 0.6 is 0 Å². The van der Waals surface area contributed by atoms with E-state index in [-0.39, 0.29) is 11.1 Å². The number of benzene rings is 1. The Hall–Kier alpha value is -1.84. The van der Waals surface area contributed by atoms with Gasteiger partial charge < -0.3 is 9.47 Å². The van der Waals surface area contributed by atoms with E-state index in [4.69, 9.17) is 9.47 Å². The fourth-order valence-electron chi connectivity index (χ4n) is 3.12. The van der Waals surface area contributed by atoms with E-state index >= 15 is 0 Å². The molecule has 0 radical (unpaired) electrons. The van der Waals surface area contributed by atoms with Crippen molar-refractivity contribution >= 4 is 11.9 Å². The van der Waals surface area contributed by atoms with Gasteiger partial charge in [0.05, 0.1) is 24.3 Å². The van der Waals surface area contributed by atoms with Crippen LogP contribution in [-0.4, -0.2) is 25.2 Å². The molecule has 0 aromatic heterocycles. The van der Waals surface area contributed by atoms with Gasteiger partial charge >= 0.3 is 11.9 Å². The lowest BCUT2D eigenvalue weighted by atomic mass is 10.1. The minimum Gasteiger partial charge on any atom is -0.462 e. The molecule has 158 valence electrons. The van der Waals surface area contributed by atoms with E-state index in [9.17, 15) is 9.59 Å². The van der Waals surface area contributed by atoms with Crippen molar-refractivity contribution in [2.75, 3.05) is 13.2 Å². The van der Waals surface area contributed by atoms with Gasteiger partial charge in [0, 0.05) is 0 Å². The number of hydrogen-bond donors (Lipinski definition) is 0. The van der Waals surface area contributed by atoms with Crippen LogP contribution in [0.4, 0.5) is 0 Å². The van der Waals surface area contributed by atoms with Crippen LogP contribution in [0.1, 0.15) is 112 Å². The first kappa shape index (κ1) is 24.2. The van der Waals surface area contributed by atoms with Crippen molar-refractivity contribution < 1.29 is 19.1 Å². The number of hydrogen-bond acceptors (Lipinski definition) is 4. The Bertz CT molecular complexity index is 553. The third-order valence-electron chi connectivity index (χ3n) is 4.79. The van der Waals surface area contributed by atoms with E-state index in [1.54, 1.807) is 24.3 Å². The van der Waals surface area contributed by atoms with Crippen molar-refractivity contribution in [2.45, 2.75) is 90.9 Å². The summed E-state index contributed by atoms with van der Waals surface area (Å²) in [5.41, 5.74) is 0.562. The second-order valence-electron chi connectivity index (χ2n) is 7.35. The summed E-state index contributed by atoms with van der Waals surface area (Å²) in [5.74, 6) is -0.916. The largest absolute Gasteiger partial charge is 0.462 e. The molecule has 0 atom stereocenters. The molecule has 1 aromatic carbocycles. The van der Waals surface area contributed by atoms with Crippen molar-refractivity contribution in [3.63, 3.8) is 0 Å². The van der Waals surface area contributed by atoms with Crippen LogP contribution in [0.25, 0.3) is 0 Å². The Labute approximate surface area is 171 Å². The number of unbranched alkanes of at least 4 members (excludes halogenated alkanes) is 10. The highest BCUT2D eigenvalue weighted by Crippen LogP contribution is 2.14. The van der Waals surface area contributed by atoms with Gasteiger partial charge in [-0.2, -0.15) is 0 Å². The molecule has 1 aromatic rings. The van der Waals surface area contributed by atoms with Crippen LogP contribution < -0.4 is 0 Å². The van der Waals surface area contributed by atoms with Crippen LogP contribution in [0.3, 0.4) is 0 Å². The smallest absolute Gasteiger partial charge is 0.339 e. The summed E-state index contributed by atoms with van der Waals surface area (Å²) >= 11 is 0. The molecular weight excluding hydrogens is 352 g/mol. The second-order valence-corrected chi connectivity index (χ2v) is 7.35. The first-order valence-electron chi connectivity index (χ1n) is 11.1. The first-order chi connectivity index (χ1) is 13.7. The van der Waals surface area contributed by atoms with Crippen LogP contribution in [0.2, 0.25) is 0 Å². The third-order valence-corrected chi connectivity index (χ3v) is 4.79. The lowest BCUT2D eigenvalue weighted by Gasteiger charge is -2.09. The molecule has 4 nitrogen and oxygen atoms in total. The van der Waals surface area contributed by atoms with Crippen LogP contribution in [0, 0.1) is 0 Å². The molecule has 4 heteroatoms. The summed E-state index contributed by atoms with van der Waals surface area (Å²) in [6, 6.07) is 6.68. The molecule has 0 unspecified atom stereocenters. The second kappa shape index (κ2) is 16.1. The predicted molar refractivity (Wildman–Crippen MR) is 114 cm³/mol. The van der Waals surface area contributed by atoms with Crippen molar-refractivity contribution in [2.24, 2.45) is 0 Å². The zero-order valence-corrected chi connectivity index (χ0v) is 17.8. The molecule has 0 saturated carbocycles. The summed E-state index contributed by atoms with van der Waals surface area (Å²) in [7, 11) is 0. The van der Waals surface area contributed by atoms with Gasteiger partial charge in [0.2, 0.25) is 0 Å². The van der Waals surface area contributed by atoms with Gasteiger partial charge in [0.1, 0.15) is 0 Å². The minimum atomic E-state index is -0.468. The molecule has 1 rings (SSSR count). The lowest BCUT2D eigenvalue weighted by Crippen LogP contribution is -2.14. The van der Waals surface area contributed by atoms with Crippen molar-refractivity contribution in [3.05, 3.63) is 35.4 Å². The highest BCUT2D eigenvalue weighted by atomic mass is 16.5. The van der Waals surface area contributed by atoms with Crippen LogP contribution in [0.15, 0.2) is 24.3 Å². The summed E-state index contributed by atoms with van der Waals surface area (Å²) in [4.78, 5) is 24.4. The van der Waals surface area contributed by atoms with Gasteiger partial charge in [-0.25, -0.2) is 9.59 Å². The van der Waals surface area contributed by atoms with Crippen LogP contribution in [0.5, 0.6) is 0 Å². The van der Waals surface area contributed by atoms with E-state index in [0.717, 1.165) is 19.3 Å². The predicted octanol–water partition coefficient (Wildman–Crippen LogP) is 6.72. The summed E-state index contributed by atoms with van der Waals surface area (Å²) < 4.78 is 10.5. The molecule has 28 heavy (non-hydrogen) atoms. The van der Waals surface area contributed by atoms with Gasteiger partial charge in [-0.3, -0.25) is 0 Å². The normalized spacial score (nSPS) is 10.6. The molecule has 0 fully saturated rings. The monoisotopic (exact) mass is 390 g/mol. The zero-order valence-electron chi connectivity index (χ0n) is 17.8. The van der Waals surface area contributed by atoms with Crippen molar-refractivity contribution in [1.82, 2.24) is 0 Å². The number of esters is 2. The highest BCUT2D eigenvalue weighted by Gasteiger charge is 2.18. The van der Waals surface area contributed by atoms with E-state index in [1.807, 2.05) is 6.92 Å². The standard InChI is InChI=1S/C24H38O4/c1-3-5-6-7-8-9-10-11-12-13-16-20-28-24(26)22-18-15-14-17-21(22)23(25)27-19-4-2/h14-15,17-18H,3-13,16,19-20H2,1-2H3. The molecule has 0 amide bonds. The molecule has 0 spiro atoms. The minimum absolute atomic E-state index is 0.278. The fourth-order valence-corrected chi connectivity index (χ4v) is 3.12. The molecule has 0 aliphatic carbocycles. The van der Waals surface area contributed by atoms with Gasteiger partial charge in [-0.15, -0.1) is 0 Å². The van der Waals surface area contributed by atoms with E-state index in [0.29, 0.717) is 13.2 Å². The van der Waals surface area contributed by atoms with E-state index < -0.39 is 11.9 Å². The number of carbonyl (C=O) groups excluding carboxylic acids is 2. The highest BCUT2D eigenvalue weighted by molar-refractivity contribution is 6.03.